The topological polar surface area (TPSA) is 57.6 Å². The third kappa shape index (κ3) is 3.12. The van der Waals surface area contributed by atoms with Gasteiger partial charge in [-0.15, -0.1) is 11.3 Å². The highest BCUT2D eigenvalue weighted by molar-refractivity contribution is 7.14. The van der Waals surface area contributed by atoms with Gasteiger partial charge in [0.1, 0.15) is 0 Å². The van der Waals surface area contributed by atoms with Gasteiger partial charge in [-0.1, -0.05) is 6.92 Å². The number of carbonyl (C=O) groups is 2. The summed E-state index contributed by atoms with van der Waals surface area (Å²) in [6, 6.07) is 2.29. The van der Waals surface area contributed by atoms with Crippen molar-refractivity contribution in [1.82, 2.24) is 4.90 Å². The molecule has 1 fully saturated rings. The highest BCUT2D eigenvalue weighted by atomic mass is 32.1. The molecule has 1 saturated carbocycles. The van der Waals surface area contributed by atoms with E-state index in [1.807, 2.05) is 6.07 Å². The Morgan fingerprint density at radius 3 is 2.71 bits per heavy atom. The molecule has 3 rings (SSSR count). The van der Waals surface area contributed by atoms with E-state index in [1.165, 1.54) is 23.3 Å². The van der Waals surface area contributed by atoms with Gasteiger partial charge in [0.25, 0.3) is 5.91 Å². The van der Waals surface area contributed by atoms with Gasteiger partial charge in [-0.3, -0.25) is 9.59 Å². The number of nitrogens with zero attached hydrogens (tertiary/aromatic N) is 1. The summed E-state index contributed by atoms with van der Waals surface area (Å²) in [7, 11) is 0. The maximum Gasteiger partial charge on any atom is 0.308 e. The molecule has 1 amide bonds. The quantitative estimate of drug-likeness (QED) is 0.910. The van der Waals surface area contributed by atoms with Crippen LogP contribution in [0, 0.1) is 5.92 Å². The molecule has 2 aliphatic carbocycles. The van der Waals surface area contributed by atoms with Crippen molar-refractivity contribution in [3.8, 4) is 0 Å². The molecule has 0 radical (unpaired) electrons. The monoisotopic (exact) mass is 307 g/mol. The largest absolute Gasteiger partial charge is 0.481 e. The molecule has 21 heavy (non-hydrogen) atoms. The summed E-state index contributed by atoms with van der Waals surface area (Å²) in [5, 5.41) is 9.08. The molecular weight excluding hydrogens is 286 g/mol. The van der Waals surface area contributed by atoms with Crippen molar-refractivity contribution < 1.29 is 14.7 Å². The van der Waals surface area contributed by atoms with E-state index in [1.54, 1.807) is 23.2 Å². The number of aryl methyl sites for hydroxylation is 2. The minimum absolute atomic E-state index is 0.0324. The van der Waals surface area contributed by atoms with E-state index < -0.39 is 11.9 Å². The van der Waals surface area contributed by atoms with Crippen molar-refractivity contribution in [2.24, 2.45) is 5.92 Å². The SMILES string of the molecule is CC(CN(C(=O)c1cc2c(s1)CCCC2)C1CC1)C(=O)O. The second-order valence-corrected chi connectivity index (χ2v) is 7.33. The Morgan fingerprint density at radius 2 is 2.10 bits per heavy atom. The summed E-state index contributed by atoms with van der Waals surface area (Å²) in [6.07, 6.45) is 6.59. The number of fused-ring (bicyclic) bond motifs is 1. The Hall–Kier alpha value is -1.36. The normalized spacial score (nSPS) is 18.9. The molecule has 1 N–H and O–H groups in total. The van der Waals surface area contributed by atoms with E-state index in [2.05, 4.69) is 0 Å². The van der Waals surface area contributed by atoms with E-state index in [0.29, 0.717) is 6.54 Å². The lowest BCUT2D eigenvalue weighted by molar-refractivity contribution is -0.141. The second-order valence-electron chi connectivity index (χ2n) is 6.19. The number of hydrogen-bond acceptors (Lipinski definition) is 3. The van der Waals surface area contributed by atoms with E-state index in [4.69, 9.17) is 5.11 Å². The third-order valence-corrected chi connectivity index (χ3v) is 5.57. The number of hydrogen-bond donors (Lipinski definition) is 1. The van der Waals surface area contributed by atoms with Crippen LogP contribution >= 0.6 is 11.3 Å². The fourth-order valence-electron chi connectivity index (χ4n) is 2.89. The molecule has 0 aromatic carbocycles. The van der Waals surface area contributed by atoms with Crippen LogP contribution in [-0.2, 0) is 17.6 Å². The molecule has 1 heterocycles. The molecular formula is C16H21NO3S. The van der Waals surface area contributed by atoms with Gasteiger partial charge in [-0.05, 0) is 50.2 Å². The van der Waals surface area contributed by atoms with Gasteiger partial charge in [-0.2, -0.15) is 0 Å². The first-order valence-electron chi connectivity index (χ1n) is 7.71. The molecule has 2 aliphatic rings. The highest BCUT2D eigenvalue weighted by Gasteiger charge is 2.35. The summed E-state index contributed by atoms with van der Waals surface area (Å²) < 4.78 is 0. The summed E-state index contributed by atoms with van der Waals surface area (Å²) in [4.78, 5) is 27.7. The van der Waals surface area contributed by atoms with Crippen molar-refractivity contribution in [2.75, 3.05) is 6.54 Å². The molecule has 114 valence electrons. The lowest BCUT2D eigenvalue weighted by Crippen LogP contribution is -2.38. The lowest BCUT2D eigenvalue weighted by Gasteiger charge is -2.23. The van der Waals surface area contributed by atoms with Gasteiger partial charge < -0.3 is 10.0 Å². The Labute approximate surface area is 128 Å². The van der Waals surface area contributed by atoms with Gasteiger partial charge in [0.15, 0.2) is 0 Å². The molecule has 1 unspecified atom stereocenters. The zero-order valence-corrected chi connectivity index (χ0v) is 13.1. The van der Waals surface area contributed by atoms with Crippen LogP contribution in [-0.4, -0.2) is 34.5 Å². The third-order valence-electron chi connectivity index (χ3n) is 4.35. The Balaban J connectivity index is 1.77. The Morgan fingerprint density at radius 1 is 1.38 bits per heavy atom. The number of thiophene rings is 1. The summed E-state index contributed by atoms with van der Waals surface area (Å²) in [5.41, 5.74) is 1.33. The van der Waals surface area contributed by atoms with Crippen LogP contribution in [0.2, 0.25) is 0 Å². The number of amides is 1. The van der Waals surface area contributed by atoms with Gasteiger partial charge in [0, 0.05) is 17.5 Å². The molecule has 0 saturated heterocycles. The summed E-state index contributed by atoms with van der Waals surface area (Å²) in [6.45, 7) is 1.99. The number of rotatable bonds is 5. The standard InChI is InChI=1S/C16H21NO3S/c1-10(16(19)20)9-17(12-6-7-12)15(18)14-8-11-4-2-3-5-13(11)21-14/h8,10,12H,2-7,9H2,1H3,(H,19,20). The second kappa shape index (κ2) is 5.79. The number of carboxylic acids is 1. The van der Waals surface area contributed by atoms with Crippen LogP contribution in [0.25, 0.3) is 0 Å². The minimum atomic E-state index is -0.834. The van der Waals surface area contributed by atoms with Crippen LogP contribution in [0.15, 0.2) is 6.07 Å². The molecule has 4 nitrogen and oxygen atoms in total. The smallest absolute Gasteiger partial charge is 0.308 e. The Bertz CT molecular complexity index is 538. The highest BCUT2D eigenvalue weighted by Crippen LogP contribution is 2.34. The lowest BCUT2D eigenvalue weighted by atomic mass is 9.99. The van der Waals surface area contributed by atoms with E-state index in [0.717, 1.165) is 30.6 Å². The first-order chi connectivity index (χ1) is 10.1. The average molecular weight is 307 g/mol. The molecule has 1 atom stereocenters. The van der Waals surface area contributed by atoms with Crippen LogP contribution in [0.3, 0.4) is 0 Å². The first kappa shape index (κ1) is 14.6. The van der Waals surface area contributed by atoms with Crippen molar-refractivity contribution in [3.05, 3.63) is 21.4 Å². The van der Waals surface area contributed by atoms with Crippen molar-refractivity contribution >= 4 is 23.2 Å². The number of carbonyl (C=O) groups excluding carboxylic acids is 1. The van der Waals surface area contributed by atoms with Crippen LogP contribution in [0.1, 0.15) is 52.7 Å². The Kier molecular flexibility index (Phi) is 4.02. The number of aliphatic carboxylic acids is 1. The first-order valence-corrected chi connectivity index (χ1v) is 8.53. The molecule has 1 aromatic heterocycles. The average Bonchev–Trinajstić information content (AvgIpc) is 3.21. The summed E-state index contributed by atoms with van der Waals surface area (Å²) in [5.74, 6) is -1.31. The predicted molar refractivity (Wildman–Crippen MR) is 81.8 cm³/mol. The van der Waals surface area contributed by atoms with Gasteiger partial charge >= 0.3 is 5.97 Å². The van der Waals surface area contributed by atoms with Gasteiger partial charge in [0.05, 0.1) is 10.8 Å². The molecule has 5 heteroatoms. The number of carboxylic acid groups (broad SMARTS) is 1. The molecule has 0 bridgehead atoms. The van der Waals surface area contributed by atoms with Crippen LogP contribution < -0.4 is 0 Å². The minimum Gasteiger partial charge on any atom is -0.481 e. The predicted octanol–water partition coefficient (Wildman–Crippen LogP) is 2.95. The van der Waals surface area contributed by atoms with Gasteiger partial charge in [0.2, 0.25) is 0 Å². The van der Waals surface area contributed by atoms with E-state index in [-0.39, 0.29) is 11.9 Å². The van der Waals surface area contributed by atoms with Crippen LogP contribution in [0.5, 0.6) is 0 Å². The van der Waals surface area contributed by atoms with Crippen molar-refractivity contribution in [1.29, 1.82) is 0 Å². The zero-order chi connectivity index (χ0) is 15.0. The van der Waals surface area contributed by atoms with Crippen molar-refractivity contribution in [3.63, 3.8) is 0 Å². The van der Waals surface area contributed by atoms with Crippen molar-refractivity contribution in [2.45, 2.75) is 51.5 Å². The fourth-order valence-corrected chi connectivity index (χ4v) is 4.10. The van der Waals surface area contributed by atoms with Gasteiger partial charge in [-0.25, -0.2) is 0 Å². The van der Waals surface area contributed by atoms with Crippen LogP contribution in [0.4, 0.5) is 0 Å². The summed E-state index contributed by atoms with van der Waals surface area (Å²) >= 11 is 1.61. The zero-order valence-electron chi connectivity index (χ0n) is 12.3. The fraction of sp³-hybridized carbons (Fsp3) is 0.625. The molecule has 1 aromatic rings. The van der Waals surface area contributed by atoms with E-state index in [9.17, 15) is 9.59 Å². The molecule has 0 aliphatic heterocycles. The molecule has 0 spiro atoms. The maximum atomic E-state index is 12.7. The van der Waals surface area contributed by atoms with E-state index >= 15 is 0 Å². The maximum absolute atomic E-state index is 12.7.